The summed E-state index contributed by atoms with van der Waals surface area (Å²) in [7, 11) is -2.36. The molecular weight excluding hydrogens is 279 g/mol. The number of sulfonamides is 1. The lowest BCUT2D eigenvalue weighted by Gasteiger charge is -2.27. The number of nitrogen functional groups attached to an aromatic ring is 1. The molecule has 0 saturated heterocycles. The van der Waals surface area contributed by atoms with Crippen LogP contribution in [0.25, 0.3) is 0 Å². The summed E-state index contributed by atoms with van der Waals surface area (Å²) in [4.78, 5) is -0.397. The zero-order valence-corrected chi connectivity index (χ0v) is 12.5. The predicted octanol–water partition coefficient (Wildman–Crippen LogP) is 2.75. The Morgan fingerprint density at radius 3 is 2.35 bits per heavy atom. The van der Waals surface area contributed by atoms with E-state index in [1.54, 1.807) is 0 Å². The maximum absolute atomic E-state index is 13.9. The zero-order chi connectivity index (χ0) is 14.8. The van der Waals surface area contributed by atoms with E-state index in [-0.39, 0.29) is 11.7 Å². The van der Waals surface area contributed by atoms with E-state index in [0.717, 1.165) is 44.6 Å². The normalized spacial score (nSPS) is 18.1. The standard InChI is InChI=1S/C14H21FN2O2S/c1-17(11-7-4-2-3-5-8-11)20(18,19)14-12(15)9-6-10-13(14)16/h6,9-11H,2-5,7-8,16H2,1H3. The zero-order valence-electron chi connectivity index (χ0n) is 11.7. The van der Waals surface area contributed by atoms with Crippen LogP contribution in [0.2, 0.25) is 0 Å². The monoisotopic (exact) mass is 300 g/mol. The van der Waals surface area contributed by atoms with E-state index in [1.165, 1.54) is 23.5 Å². The number of hydrogen-bond donors (Lipinski definition) is 1. The van der Waals surface area contributed by atoms with Crippen molar-refractivity contribution in [3.8, 4) is 0 Å². The summed E-state index contributed by atoms with van der Waals surface area (Å²) in [5, 5.41) is 0. The third kappa shape index (κ3) is 2.96. The molecule has 1 saturated carbocycles. The number of halogens is 1. The second-order valence-electron chi connectivity index (χ2n) is 5.32. The average molecular weight is 300 g/mol. The Morgan fingerprint density at radius 2 is 1.80 bits per heavy atom. The van der Waals surface area contributed by atoms with Crippen molar-refractivity contribution in [2.45, 2.75) is 49.5 Å². The van der Waals surface area contributed by atoms with E-state index in [0.29, 0.717) is 0 Å². The van der Waals surface area contributed by atoms with E-state index < -0.39 is 20.7 Å². The molecule has 0 radical (unpaired) electrons. The minimum absolute atomic E-state index is 0.0366. The molecule has 20 heavy (non-hydrogen) atoms. The van der Waals surface area contributed by atoms with Gasteiger partial charge in [0.15, 0.2) is 0 Å². The van der Waals surface area contributed by atoms with Crippen molar-refractivity contribution < 1.29 is 12.8 Å². The first-order valence-electron chi connectivity index (χ1n) is 6.96. The van der Waals surface area contributed by atoms with Gasteiger partial charge in [-0.05, 0) is 25.0 Å². The molecule has 0 amide bonds. The second-order valence-corrected chi connectivity index (χ2v) is 7.26. The van der Waals surface area contributed by atoms with Crippen molar-refractivity contribution in [3.05, 3.63) is 24.0 Å². The van der Waals surface area contributed by atoms with Crippen LogP contribution in [-0.2, 0) is 10.0 Å². The predicted molar refractivity (Wildman–Crippen MR) is 77.3 cm³/mol. The van der Waals surface area contributed by atoms with Crippen molar-refractivity contribution in [3.63, 3.8) is 0 Å². The number of nitrogens with zero attached hydrogens (tertiary/aromatic N) is 1. The molecule has 0 heterocycles. The fraction of sp³-hybridized carbons (Fsp3) is 0.571. The van der Waals surface area contributed by atoms with Gasteiger partial charge in [-0.3, -0.25) is 0 Å². The number of benzene rings is 1. The van der Waals surface area contributed by atoms with Crippen LogP contribution < -0.4 is 5.73 Å². The van der Waals surface area contributed by atoms with Gasteiger partial charge in [0.25, 0.3) is 0 Å². The highest BCUT2D eigenvalue weighted by Gasteiger charge is 2.32. The molecule has 1 aromatic rings. The highest BCUT2D eigenvalue weighted by atomic mass is 32.2. The molecule has 6 heteroatoms. The fourth-order valence-corrected chi connectivity index (χ4v) is 4.33. The van der Waals surface area contributed by atoms with Gasteiger partial charge < -0.3 is 5.73 Å². The maximum Gasteiger partial charge on any atom is 0.248 e. The first-order chi connectivity index (χ1) is 9.44. The van der Waals surface area contributed by atoms with Crippen LogP contribution in [0.1, 0.15) is 38.5 Å². The van der Waals surface area contributed by atoms with E-state index in [9.17, 15) is 12.8 Å². The molecule has 0 aliphatic heterocycles. The molecule has 0 aromatic heterocycles. The molecule has 1 aliphatic rings. The lowest BCUT2D eigenvalue weighted by Crippen LogP contribution is -2.37. The van der Waals surface area contributed by atoms with Gasteiger partial charge in [-0.25, -0.2) is 12.8 Å². The highest BCUT2D eigenvalue weighted by Crippen LogP contribution is 2.29. The van der Waals surface area contributed by atoms with Crippen LogP contribution in [0.5, 0.6) is 0 Å². The van der Waals surface area contributed by atoms with Gasteiger partial charge >= 0.3 is 0 Å². The molecule has 0 spiro atoms. The minimum atomic E-state index is -3.88. The molecule has 0 atom stereocenters. The number of hydrogen-bond acceptors (Lipinski definition) is 3. The molecule has 0 unspecified atom stereocenters. The molecule has 4 nitrogen and oxygen atoms in total. The molecule has 112 valence electrons. The van der Waals surface area contributed by atoms with Crippen molar-refractivity contribution in [2.75, 3.05) is 12.8 Å². The molecule has 1 aliphatic carbocycles. The molecule has 2 rings (SSSR count). The van der Waals surface area contributed by atoms with Crippen LogP contribution in [-0.4, -0.2) is 25.8 Å². The van der Waals surface area contributed by atoms with Gasteiger partial charge in [0.2, 0.25) is 10.0 Å². The SMILES string of the molecule is CN(C1CCCCCC1)S(=O)(=O)c1c(N)cccc1F. The van der Waals surface area contributed by atoms with Crippen molar-refractivity contribution in [2.24, 2.45) is 0 Å². The largest absolute Gasteiger partial charge is 0.398 e. The second kappa shape index (κ2) is 6.10. The summed E-state index contributed by atoms with van der Waals surface area (Å²) in [6, 6.07) is 3.89. The molecule has 1 aromatic carbocycles. The number of rotatable bonds is 3. The van der Waals surface area contributed by atoms with Gasteiger partial charge in [0.1, 0.15) is 10.7 Å². The van der Waals surface area contributed by atoms with Crippen molar-refractivity contribution in [1.29, 1.82) is 0 Å². The number of nitrogens with two attached hydrogens (primary N) is 1. The number of anilines is 1. The highest BCUT2D eigenvalue weighted by molar-refractivity contribution is 7.89. The van der Waals surface area contributed by atoms with Crippen LogP contribution in [0, 0.1) is 5.82 Å². The van der Waals surface area contributed by atoms with Gasteiger partial charge in [-0.1, -0.05) is 31.7 Å². The Bertz CT molecular complexity index is 546. The van der Waals surface area contributed by atoms with Gasteiger partial charge in [-0.15, -0.1) is 0 Å². The molecular formula is C14H21FN2O2S. The summed E-state index contributed by atoms with van der Waals surface area (Å²) < 4.78 is 40.3. The molecule has 1 fully saturated rings. The Balaban J connectivity index is 2.34. The van der Waals surface area contributed by atoms with Crippen LogP contribution in [0.3, 0.4) is 0 Å². The Kier molecular flexibility index (Phi) is 4.65. The van der Waals surface area contributed by atoms with E-state index >= 15 is 0 Å². The summed E-state index contributed by atoms with van der Waals surface area (Å²) >= 11 is 0. The van der Waals surface area contributed by atoms with Crippen molar-refractivity contribution >= 4 is 15.7 Å². The average Bonchev–Trinajstić information content (AvgIpc) is 2.66. The van der Waals surface area contributed by atoms with Crippen molar-refractivity contribution in [1.82, 2.24) is 4.31 Å². The first-order valence-corrected chi connectivity index (χ1v) is 8.40. The van der Waals surface area contributed by atoms with Gasteiger partial charge in [0, 0.05) is 13.1 Å². The summed E-state index contributed by atoms with van der Waals surface area (Å²) in [5.74, 6) is -0.787. The molecule has 2 N–H and O–H groups in total. The summed E-state index contributed by atoms with van der Waals surface area (Å²) in [6.45, 7) is 0. The Morgan fingerprint density at radius 1 is 1.20 bits per heavy atom. The lowest BCUT2D eigenvalue weighted by molar-refractivity contribution is 0.334. The minimum Gasteiger partial charge on any atom is -0.398 e. The van der Waals surface area contributed by atoms with Gasteiger partial charge in [0.05, 0.1) is 5.69 Å². The Hall–Kier alpha value is -1.14. The third-order valence-electron chi connectivity index (χ3n) is 3.97. The quantitative estimate of drug-likeness (QED) is 0.689. The first kappa shape index (κ1) is 15.3. The van der Waals surface area contributed by atoms with Crippen LogP contribution >= 0.6 is 0 Å². The smallest absolute Gasteiger partial charge is 0.248 e. The molecule has 0 bridgehead atoms. The lowest BCUT2D eigenvalue weighted by atomic mass is 10.1. The fourth-order valence-electron chi connectivity index (χ4n) is 2.76. The van der Waals surface area contributed by atoms with Crippen LogP contribution in [0.15, 0.2) is 23.1 Å². The van der Waals surface area contributed by atoms with Gasteiger partial charge in [-0.2, -0.15) is 4.31 Å². The maximum atomic E-state index is 13.9. The third-order valence-corrected chi connectivity index (χ3v) is 5.98. The topological polar surface area (TPSA) is 63.4 Å². The Labute approximate surface area is 119 Å². The van der Waals surface area contributed by atoms with Crippen LogP contribution in [0.4, 0.5) is 10.1 Å². The summed E-state index contributed by atoms with van der Waals surface area (Å²) in [5.41, 5.74) is 5.62. The summed E-state index contributed by atoms with van der Waals surface area (Å²) in [6.07, 6.45) is 5.93. The van der Waals surface area contributed by atoms with E-state index in [1.807, 2.05) is 0 Å². The van der Waals surface area contributed by atoms with E-state index in [4.69, 9.17) is 5.73 Å². The van der Waals surface area contributed by atoms with E-state index in [2.05, 4.69) is 0 Å².